The molecule has 33 valence electrons. The third-order valence-electron chi connectivity index (χ3n) is 0. The van der Waals surface area contributed by atoms with Crippen LogP contribution in [0.5, 0.6) is 0 Å². The van der Waals surface area contributed by atoms with Gasteiger partial charge in [0.15, 0.2) is 0 Å². The Morgan fingerprint density at radius 1 is 1.17 bits per heavy atom. The van der Waals surface area contributed by atoms with Crippen LogP contribution in [0.25, 0.3) is 0 Å². The Kier molecular flexibility index (Phi) is 4.97. The van der Waals surface area contributed by atoms with Gasteiger partial charge in [-0.2, -0.15) is 0 Å². The van der Waals surface area contributed by atoms with Gasteiger partial charge in [0.05, 0.1) is 0 Å². The van der Waals surface area contributed by atoms with Crippen LogP contribution in [0.15, 0.2) is 0 Å². The molecule has 0 aromatic carbocycles. The molecular weight excluding hydrogens is 199 g/mol. The molecule has 0 rings (SSSR count). The summed E-state index contributed by atoms with van der Waals surface area (Å²) in [4.78, 5) is 0. The minimum atomic E-state index is -5.52. The van der Waals surface area contributed by atoms with Crippen molar-refractivity contribution in [3.63, 3.8) is 0 Å². The molecule has 0 amide bonds. The number of hydrogen-bond donors (Lipinski definition) is 2. The average molecular weight is 201 g/mol. The molecule has 0 saturated carbocycles. The first-order valence-corrected chi connectivity index (χ1v) is 4.69. The smallest absolute Gasteiger partial charge is 0 e. The first-order valence-electron chi connectivity index (χ1n) is 0.698. The Morgan fingerprint density at radius 2 is 1.17 bits per heavy atom. The Morgan fingerprint density at radius 3 is 1.17 bits per heavy atom. The summed E-state index contributed by atoms with van der Waals surface area (Å²) in [7, 11) is 0. The molecule has 0 atom stereocenters. The van der Waals surface area contributed by atoms with Crippen molar-refractivity contribution in [2.45, 2.75) is 0 Å². The van der Waals surface area contributed by atoms with E-state index in [0.29, 0.717) is 0 Å². The first-order chi connectivity index (χ1) is 2.00. The molecule has 2 N–H and O–H groups in total. The van der Waals surface area contributed by atoms with Crippen molar-refractivity contribution >= 4 is 37.8 Å². The maximum absolute atomic E-state index is 8.85. The van der Waals surface area contributed by atoms with Crippen molar-refractivity contribution in [2.24, 2.45) is 0 Å². The summed E-state index contributed by atoms with van der Waals surface area (Å²) in [5.41, 5.74) is 0. The summed E-state index contributed by atoms with van der Waals surface area (Å²) in [6.45, 7) is 0. The molecule has 0 spiro atoms. The maximum Gasteiger partial charge on any atom is 0 e. The normalized spacial score (nSPS) is 9.67. The van der Waals surface area contributed by atoms with Gasteiger partial charge in [-0.05, 0) is 0 Å². The predicted octanol–water partition coefficient (Wildman–Crippen LogP) is -2.11. The molecule has 0 saturated heterocycles. The molecule has 0 aromatic heterocycles. The van der Waals surface area contributed by atoms with E-state index in [1.54, 1.807) is 0 Å². The van der Waals surface area contributed by atoms with Gasteiger partial charge >= 0.3 is 32.1 Å². The molecule has 0 bridgehead atoms. The SMILES string of the molecule is O=[Te](=O)(O)O.[Li]. The van der Waals surface area contributed by atoms with Crippen LogP contribution in [0.4, 0.5) is 0 Å². The molecular formula is H2LiO4Te. The van der Waals surface area contributed by atoms with Crippen LogP contribution >= 0.6 is 0 Å². The van der Waals surface area contributed by atoms with Gasteiger partial charge in [-0.15, -0.1) is 0 Å². The summed E-state index contributed by atoms with van der Waals surface area (Å²) in [5, 5.41) is 0. The largest absolute Gasteiger partial charge is 0 e. The van der Waals surface area contributed by atoms with Crippen LogP contribution < -0.4 is 0 Å². The number of hydrogen-bond acceptors (Lipinski definition) is 2. The standard InChI is InChI=1S/Li.H2O4Te/c;1-5(2,3)4/h;(H2,1,2,3,4). The second-order valence-corrected chi connectivity index (χ2v) is 3.00. The second kappa shape index (κ2) is 2.98. The van der Waals surface area contributed by atoms with E-state index >= 15 is 0 Å². The van der Waals surface area contributed by atoms with Crippen LogP contribution in [0.1, 0.15) is 0 Å². The average Bonchev–Trinajstić information content (AvgIpc) is 0.722. The molecule has 0 aliphatic carbocycles. The second-order valence-electron chi connectivity index (χ2n) is 0.448. The summed E-state index contributed by atoms with van der Waals surface area (Å²) < 4.78 is 32.0. The van der Waals surface area contributed by atoms with Crippen LogP contribution in [0.2, 0.25) is 0 Å². The number of rotatable bonds is 0. The van der Waals surface area contributed by atoms with Crippen LogP contribution in [-0.4, -0.2) is 44.8 Å². The van der Waals surface area contributed by atoms with Gasteiger partial charge in [-0.1, -0.05) is 0 Å². The van der Waals surface area contributed by atoms with Crippen molar-refractivity contribution < 1.29 is 13.2 Å². The molecule has 0 fully saturated rings. The summed E-state index contributed by atoms with van der Waals surface area (Å²) in [5.74, 6) is 0. The van der Waals surface area contributed by atoms with Crippen LogP contribution in [-0.2, 0) is 6.21 Å². The molecule has 1 radical (unpaired) electrons. The van der Waals surface area contributed by atoms with Gasteiger partial charge in [-0.25, -0.2) is 0 Å². The molecule has 0 heterocycles. The van der Waals surface area contributed by atoms with Gasteiger partial charge in [0.25, 0.3) is 0 Å². The Labute approximate surface area is 51.0 Å². The zero-order valence-electron chi connectivity index (χ0n) is 3.12. The molecule has 0 aromatic rings. The predicted molar refractivity (Wildman–Crippen MR) is 17.3 cm³/mol. The molecule has 6 heteroatoms. The molecule has 6 heavy (non-hydrogen) atoms. The van der Waals surface area contributed by atoms with Crippen molar-refractivity contribution in [1.29, 1.82) is 0 Å². The Bertz CT molecular complexity index is 90.7. The van der Waals surface area contributed by atoms with Gasteiger partial charge in [0.1, 0.15) is 0 Å². The van der Waals surface area contributed by atoms with Crippen molar-refractivity contribution in [3.8, 4) is 0 Å². The monoisotopic (exact) mass is 203 g/mol. The molecule has 0 aliphatic heterocycles. The van der Waals surface area contributed by atoms with Crippen molar-refractivity contribution in [3.05, 3.63) is 0 Å². The fourth-order valence-electron chi connectivity index (χ4n) is 0. The van der Waals surface area contributed by atoms with Gasteiger partial charge in [-0.3, -0.25) is 0 Å². The van der Waals surface area contributed by atoms with Gasteiger partial charge in [0.2, 0.25) is 0 Å². The fourth-order valence-corrected chi connectivity index (χ4v) is 0. The van der Waals surface area contributed by atoms with Gasteiger partial charge in [0, 0.05) is 18.9 Å². The van der Waals surface area contributed by atoms with E-state index in [0.717, 1.165) is 0 Å². The summed E-state index contributed by atoms with van der Waals surface area (Å²) in [6.07, 6.45) is 0. The van der Waals surface area contributed by atoms with Crippen molar-refractivity contribution in [1.82, 2.24) is 0 Å². The Hall–Kier alpha value is 0.907. The van der Waals surface area contributed by atoms with E-state index in [2.05, 4.69) is 0 Å². The quantitative estimate of drug-likeness (QED) is 0.439. The molecule has 0 aliphatic rings. The zero-order chi connectivity index (χ0) is 4.50. The van der Waals surface area contributed by atoms with E-state index in [9.17, 15) is 0 Å². The van der Waals surface area contributed by atoms with Crippen molar-refractivity contribution in [2.75, 3.05) is 0 Å². The topological polar surface area (TPSA) is 74.6 Å². The van der Waals surface area contributed by atoms with Crippen LogP contribution in [0, 0.1) is 0 Å². The van der Waals surface area contributed by atoms with E-state index in [1.165, 1.54) is 0 Å². The summed E-state index contributed by atoms with van der Waals surface area (Å²) in [6, 6.07) is 0. The Balaban J connectivity index is 0. The third kappa shape index (κ3) is 91.0. The zero-order valence-corrected chi connectivity index (χ0v) is 5.45. The molecule has 4 nitrogen and oxygen atoms in total. The van der Waals surface area contributed by atoms with Gasteiger partial charge < -0.3 is 0 Å². The van der Waals surface area contributed by atoms with E-state index in [4.69, 9.17) is 13.2 Å². The minimum Gasteiger partial charge on any atom is 0 e. The van der Waals surface area contributed by atoms with E-state index in [1.807, 2.05) is 0 Å². The molecule has 0 unspecified atom stereocenters. The van der Waals surface area contributed by atoms with E-state index < -0.39 is 19.0 Å². The minimum absolute atomic E-state index is 0. The van der Waals surface area contributed by atoms with E-state index in [-0.39, 0.29) is 18.9 Å². The fraction of sp³-hybridized carbons (Fsp3) is 0. The third-order valence-corrected chi connectivity index (χ3v) is 0. The maximum atomic E-state index is 8.85. The first kappa shape index (κ1) is 10.0. The van der Waals surface area contributed by atoms with Crippen LogP contribution in [0.3, 0.4) is 0 Å². The summed E-state index contributed by atoms with van der Waals surface area (Å²) >= 11 is -5.52.